The van der Waals surface area contributed by atoms with Gasteiger partial charge >= 0.3 is 0 Å². The second-order valence-corrected chi connectivity index (χ2v) is 7.25. The molecule has 8 heteroatoms. The van der Waals surface area contributed by atoms with Crippen LogP contribution in [-0.2, 0) is 4.79 Å². The molecule has 1 aliphatic carbocycles. The Kier molecular flexibility index (Phi) is 4.26. The number of aryl methyl sites for hydroxylation is 1. The normalized spacial score (nSPS) is 16.2. The van der Waals surface area contributed by atoms with Crippen LogP contribution in [0.2, 0.25) is 0 Å². The molecule has 0 radical (unpaired) electrons. The Balaban J connectivity index is 1.77. The van der Waals surface area contributed by atoms with Gasteiger partial charge in [0.25, 0.3) is 17.4 Å². The van der Waals surface area contributed by atoms with E-state index in [1.807, 2.05) is 0 Å². The summed E-state index contributed by atoms with van der Waals surface area (Å²) in [5, 5.41) is 5.04. The first kappa shape index (κ1) is 18.0. The SMILES string of the molecule is Cc1ccc(NC(=O)C2CCCC2)cc1-n1c(N)c2c(cc1=O)C(=O)NC2=O. The number of amides is 3. The largest absolute Gasteiger partial charge is 0.384 e. The molecule has 1 aliphatic heterocycles. The maximum absolute atomic E-state index is 12.7. The van der Waals surface area contributed by atoms with Crippen LogP contribution in [0.5, 0.6) is 0 Å². The van der Waals surface area contributed by atoms with Crippen molar-refractivity contribution in [3.05, 3.63) is 51.3 Å². The smallest absolute Gasteiger partial charge is 0.262 e. The average Bonchev–Trinajstić information content (AvgIpc) is 3.26. The van der Waals surface area contributed by atoms with Crippen LogP contribution in [0.25, 0.3) is 5.69 Å². The third kappa shape index (κ3) is 2.87. The third-order valence-electron chi connectivity index (χ3n) is 5.40. The average molecular weight is 380 g/mol. The number of anilines is 2. The summed E-state index contributed by atoms with van der Waals surface area (Å²) >= 11 is 0. The number of carbonyl (C=O) groups is 3. The van der Waals surface area contributed by atoms with Crippen molar-refractivity contribution in [1.29, 1.82) is 0 Å². The number of pyridine rings is 1. The van der Waals surface area contributed by atoms with Crippen LogP contribution in [0.3, 0.4) is 0 Å². The van der Waals surface area contributed by atoms with E-state index < -0.39 is 17.4 Å². The molecular formula is C20H20N4O4. The fourth-order valence-corrected chi connectivity index (χ4v) is 3.89. The number of hydrogen-bond acceptors (Lipinski definition) is 5. The number of nitrogens with one attached hydrogen (secondary N) is 2. The van der Waals surface area contributed by atoms with Crippen molar-refractivity contribution in [2.75, 3.05) is 11.1 Å². The first-order valence-corrected chi connectivity index (χ1v) is 9.20. The van der Waals surface area contributed by atoms with E-state index in [0.29, 0.717) is 11.4 Å². The quantitative estimate of drug-likeness (QED) is 0.700. The van der Waals surface area contributed by atoms with E-state index in [0.717, 1.165) is 37.3 Å². The van der Waals surface area contributed by atoms with Gasteiger partial charge in [-0.25, -0.2) is 0 Å². The van der Waals surface area contributed by atoms with Crippen LogP contribution >= 0.6 is 0 Å². The number of nitrogens with two attached hydrogens (primary N) is 1. The van der Waals surface area contributed by atoms with Crippen LogP contribution in [0, 0.1) is 12.8 Å². The highest BCUT2D eigenvalue weighted by molar-refractivity contribution is 6.23. The molecule has 4 rings (SSSR count). The van der Waals surface area contributed by atoms with E-state index >= 15 is 0 Å². The van der Waals surface area contributed by atoms with Gasteiger partial charge in [0.15, 0.2) is 0 Å². The van der Waals surface area contributed by atoms with Crippen molar-refractivity contribution in [2.24, 2.45) is 5.92 Å². The van der Waals surface area contributed by atoms with Crippen molar-refractivity contribution in [3.63, 3.8) is 0 Å². The first-order valence-electron chi connectivity index (χ1n) is 9.20. The lowest BCUT2D eigenvalue weighted by molar-refractivity contribution is -0.119. The number of carbonyl (C=O) groups excluding carboxylic acids is 3. The lowest BCUT2D eigenvalue weighted by Gasteiger charge is -2.16. The van der Waals surface area contributed by atoms with Gasteiger partial charge in [-0.15, -0.1) is 0 Å². The second-order valence-electron chi connectivity index (χ2n) is 7.25. The van der Waals surface area contributed by atoms with Crippen LogP contribution in [0.1, 0.15) is 52.0 Å². The van der Waals surface area contributed by atoms with E-state index in [-0.39, 0.29) is 28.8 Å². The number of benzene rings is 1. The van der Waals surface area contributed by atoms with Crippen molar-refractivity contribution < 1.29 is 14.4 Å². The predicted molar refractivity (Wildman–Crippen MR) is 104 cm³/mol. The molecule has 1 aromatic heterocycles. The highest BCUT2D eigenvalue weighted by Crippen LogP contribution is 2.28. The molecule has 0 saturated heterocycles. The number of rotatable bonds is 3. The predicted octanol–water partition coefficient (Wildman–Crippen LogP) is 1.74. The van der Waals surface area contributed by atoms with Gasteiger partial charge in [0.1, 0.15) is 5.82 Å². The number of fused-ring (bicyclic) bond motifs is 1. The van der Waals surface area contributed by atoms with Gasteiger partial charge in [0.2, 0.25) is 5.91 Å². The van der Waals surface area contributed by atoms with Gasteiger partial charge in [0, 0.05) is 17.7 Å². The summed E-state index contributed by atoms with van der Waals surface area (Å²) in [6.07, 6.45) is 3.87. The molecule has 144 valence electrons. The molecule has 3 amide bonds. The molecule has 4 N–H and O–H groups in total. The monoisotopic (exact) mass is 380 g/mol. The summed E-state index contributed by atoms with van der Waals surface area (Å²) in [6, 6.07) is 6.29. The number of nitrogen functional groups attached to an aromatic ring is 1. The molecule has 0 unspecified atom stereocenters. The van der Waals surface area contributed by atoms with Gasteiger partial charge in [-0.05, 0) is 37.5 Å². The van der Waals surface area contributed by atoms with Crippen LogP contribution in [0.15, 0.2) is 29.1 Å². The zero-order valence-electron chi connectivity index (χ0n) is 15.4. The van der Waals surface area contributed by atoms with E-state index in [4.69, 9.17) is 5.73 Å². The molecule has 0 spiro atoms. The van der Waals surface area contributed by atoms with Crippen LogP contribution in [-0.4, -0.2) is 22.3 Å². The Bertz CT molecular complexity index is 1080. The van der Waals surface area contributed by atoms with E-state index in [9.17, 15) is 19.2 Å². The van der Waals surface area contributed by atoms with Crippen molar-refractivity contribution >= 4 is 29.2 Å². The van der Waals surface area contributed by atoms with Crippen molar-refractivity contribution in [1.82, 2.24) is 9.88 Å². The molecule has 0 atom stereocenters. The highest BCUT2D eigenvalue weighted by atomic mass is 16.2. The van der Waals surface area contributed by atoms with Gasteiger partial charge in [0.05, 0.1) is 16.8 Å². The summed E-state index contributed by atoms with van der Waals surface area (Å²) in [6.45, 7) is 1.79. The highest BCUT2D eigenvalue weighted by Gasteiger charge is 2.32. The molecule has 1 fully saturated rings. The summed E-state index contributed by atoms with van der Waals surface area (Å²) in [7, 11) is 0. The first-order chi connectivity index (χ1) is 13.4. The number of nitrogens with zero attached hydrogens (tertiary/aromatic N) is 1. The molecule has 2 aromatic rings. The van der Waals surface area contributed by atoms with Gasteiger partial charge < -0.3 is 11.1 Å². The summed E-state index contributed by atoms with van der Waals surface area (Å²) in [5.41, 5.74) is 7.27. The van der Waals surface area contributed by atoms with Gasteiger partial charge in [-0.2, -0.15) is 0 Å². The lowest BCUT2D eigenvalue weighted by Crippen LogP contribution is -2.25. The number of aromatic nitrogens is 1. The Labute approximate surface area is 160 Å². The zero-order chi connectivity index (χ0) is 20.0. The Morgan fingerprint density at radius 3 is 2.57 bits per heavy atom. The van der Waals surface area contributed by atoms with Gasteiger partial charge in [-0.3, -0.25) is 29.1 Å². The molecule has 1 aromatic carbocycles. The minimum absolute atomic E-state index is 0.00671. The Hall–Kier alpha value is -3.42. The number of imide groups is 1. The molecule has 1 saturated carbocycles. The molecule has 0 bridgehead atoms. The molecule has 2 aliphatic rings. The molecular weight excluding hydrogens is 360 g/mol. The minimum atomic E-state index is -0.634. The summed E-state index contributed by atoms with van der Waals surface area (Å²) < 4.78 is 1.19. The fourth-order valence-electron chi connectivity index (χ4n) is 3.89. The summed E-state index contributed by atoms with van der Waals surface area (Å²) in [5.74, 6) is -1.40. The Morgan fingerprint density at radius 1 is 1.14 bits per heavy atom. The molecule has 2 heterocycles. The third-order valence-corrected chi connectivity index (χ3v) is 5.40. The van der Waals surface area contributed by atoms with E-state index in [1.54, 1.807) is 25.1 Å². The molecule has 28 heavy (non-hydrogen) atoms. The number of hydrogen-bond donors (Lipinski definition) is 3. The molecule has 8 nitrogen and oxygen atoms in total. The van der Waals surface area contributed by atoms with E-state index in [2.05, 4.69) is 10.6 Å². The van der Waals surface area contributed by atoms with Crippen molar-refractivity contribution in [2.45, 2.75) is 32.6 Å². The van der Waals surface area contributed by atoms with E-state index in [1.165, 1.54) is 4.57 Å². The fraction of sp³-hybridized carbons (Fsp3) is 0.300. The lowest BCUT2D eigenvalue weighted by atomic mass is 10.1. The second kappa shape index (κ2) is 6.63. The summed E-state index contributed by atoms with van der Waals surface area (Å²) in [4.78, 5) is 48.9. The Morgan fingerprint density at radius 2 is 1.86 bits per heavy atom. The van der Waals surface area contributed by atoms with Crippen molar-refractivity contribution in [3.8, 4) is 5.69 Å². The minimum Gasteiger partial charge on any atom is -0.384 e. The van der Waals surface area contributed by atoms with Crippen LogP contribution < -0.4 is 21.9 Å². The van der Waals surface area contributed by atoms with Gasteiger partial charge in [-0.1, -0.05) is 18.9 Å². The zero-order valence-corrected chi connectivity index (χ0v) is 15.4. The van der Waals surface area contributed by atoms with Crippen LogP contribution in [0.4, 0.5) is 11.5 Å². The standard InChI is InChI=1S/C20H20N4O4/c1-10-6-7-12(22-18(26)11-4-2-3-5-11)8-14(10)24-15(25)9-13-16(17(24)21)20(28)23-19(13)27/h6-9,11H,2-5,21H2,1H3,(H,22,26)(H,23,27,28). The topological polar surface area (TPSA) is 123 Å². The maximum Gasteiger partial charge on any atom is 0.262 e. The maximum atomic E-state index is 12.7.